The second-order valence-electron chi connectivity index (χ2n) is 8.38. The largest absolute Gasteiger partial charge is 0.379 e. The summed E-state index contributed by atoms with van der Waals surface area (Å²) in [4.78, 5) is 25.4. The number of benzene rings is 1. The Kier molecular flexibility index (Phi) is 5.77. The number of nitrogens with one attached hydrogen (secondary N) is 1. The molecule has 2 aliphatic carbocycles. The first-order valence-corrected chi connectivity index (χ1v) is 11.8. The van der Waals surface area contributed by atoms with Crippen LogP contribution in [0, 0.1) is 24.7 Å². The van der Waals surface area contributed by atoms with Crippen molar-refractivity contribution in [3.8, 4) is 0 Å². The van der Waals surface area contributed by atoms with E-state index in [0.717, 1.165) is 24.8 Å². The molecule has 3 fully saturated rings. The first-order valence-electron chi connectivity index (χ1n) is 10.4. The highest BCUT2D eigenvalue weighted by Gasteiger charge is 2.41. The minimum absolute atomic E-state index is 0.00683. The third-order valence-electron chi connectivity index (χ3n) is 6.49. The maximum absolute atomic E-state index is 12.9. The summed E-state index contributed by atoms with van der Waals surface area (Å²) >= 11 is 0. The Morgan fingerprint density at radius 3 is 2.45 bits per heavy atom. The van der Waals surface area contributed by atoms with Gasteiger partial charge in [0, 0.05) is 36.5 Å². The lowest BCUT2D eigenvalue weighted by atomic mass is 9.67. The third kappa shape index (κ3) is 4.11. The average molecular weight is 421 g/mol. The van der Waals surface area contributed by atoms with E-state index in [1.807, 2.05) is 6.92 Å². The quantitative estimate of drug-likeness (QED) is 0.807. The number of fused-ring (bicyclic) bond motifs is 2. The van der Waals surface area contributed by atoms with Gasteiger partial charge >= 0.3 is 0 Å². The lowest BCUT2D eigenvalue weighted by molar-refractivity contribution is -0.136. The van der Waals surface area contributed by atoms with Gasteiger partial charge in [-0.25, -0.2) is 8.42 Å². The van der Waals surface area contributed by atoms with Crippen LogP contribution in [0.1, 0.15) is 37.7 Å². The molecule has 2 atom stereocenters. The van der Waals surface area contributed by atoms with Gasteiger partial charge in [-0.05, 0) is 50.3 Å². The van der Waals surface area contributed by atoms with Crippen LogP contribution in [0.15, 0.2) is 23.1 Å². The minimum Gasteiger partial charge on any atom is -0.379 e. The summed E-state index contributed by atoms with van der Waals surface area (Å²) in [6.45, 7) is 3.28. The Bertz CT molecular complexity index is 892. The number of sulfonamides is 1. The molecule has 2 unspecified atom stereocenters. The first-order chi connectivity index (χ1) is 13.9. The van der Waals surface area contributed by atoms with Crippen LogP contribution in [0.4, 0.5) is 5.69 Å². The minimum atomic E-state index is -3.62. The van der Waals surface area contributed by atoms with Gasteiger partial charge in [-0.3, -0.25) is 9.59 Å². The van der Waals surface area contributed by atoms with Gasteiger partial charge in [0.25, 0.3) is 0 Å². The number of carbonyl (C=O) groups excluding carboxylic acids is 2. The molecule has 1 aromatic rings. The highest BCUT2D eigenvalue weighted by atomic mass is 32.2. The molecular formula is C21H28N2O5S. The van der Waals surface area contributed by atoms with Crippen molar-refractivity contribution in [3.63, 3.8) is 0 Å². The predicted molar refractivity (Wildman–Crippen MR) is 108 cm³/mol. The SMILES string of the molecule is Cc1ccc(S(=O)(=O)N2CCOCC2)cc1NC(=O)C1CC2CCCC(C1)C2=O. The van der Waals surface area contributed by atoms with E-state index >= 15 is 0 Å². The summed E-state index contributed by atoms with van der Waals surface area (Å²) in [5.74, 6) is 0.0372. The lowest BCUT2D eigenvalue weighted by Crippen LogP contribution is -2.41. The number of aryl methyl sites for hydroxylation is 1. The molecule has 1 N–H and O–H groups in total. The number of carbonyl (C=O) groups is 2. The van der Waals surface area contributed by atoms with Crippen LogP contribution in [0.5, 0.6) is 0 Å². The molecule has 0 radical (unpaired) electrons. The fourth-order valence-electron chi connectivity index (χ4n) is 4.76. The number of rotatable bonds is 4. The zero-order valence-corrected chi connectivity index (χ0v) is 17.5. The number of ketones is 1. The second-order valence-corrected chi connectivity index (χ2v) is 10.3. The van der Waals surface area contributed by atoms with Crippen LogP contribution < -0.4 is 5.32 Å². The van der Waals surface area contributed by atoms with Gasteiger partial charge in [0.1, 0.15) is 5.78 Å². The number of ether oxygens (including phenoxy) is 1. The Morgan fingerprint density at radius 2 is 1.79 bits per heavy atom. The number of morpholine rings is 1. The van der Waals surface area contributed by atoms with Crippen LogP contribution in [-0.2, 0) is 24.3 Å². The summed E-state index contributed by atoms with van der Waals surface area (Å²) < 4.78 is 32.5. The molecule has 1 aromatic carbocycles. The number of anilines is 1. The highest BCUT2D eigenvalue weighted by Crippen LogP contribution is 2.40. The maximum Gasteiger partial charge on any atom is 0.243 e. The number of hydrogen-bond acceptors (Lipinski definition) is 5. The van der Waals surface area contributed by atoms with E-state index in [4.69, 9.17) is 4.74 Å². The second kappa shape index (κ2) is 8.16. The third-order valence-corrected chi connectivity index (χ3v) is 8.39. The number of hydrogen-bond donors (Lipinski definition) is 1. The molecule has 158 valence electrons. The lowest BCUT2D eigenvalue weighted by Gasteiger charge is -2.37. The van der Waals surface area contributed by atoms with Crippen LogP contribution in [-0.4, -0.2) is 50.7 Å². The molecule has 4 rings (SSSR count). The van der Waals surface area contributed by atoms with Crippen LogP contribution >= 0.6 is 0 Å². The molecule has 0 spiro atoms. The Hall–Kier alpha value is -1.77. The zero-order valence-electron chi connectivity index (χ0n) is 16.7. The molecule has 29 heavy (non-hydrogen) atoms. The van der Waals surface area contributed by atoms with E-state index in [1.54, 1.807) is 18.2 Å². The zero-order chi connectivity index (χ0) is 20.6. The smallest absolute Gasteiger partial charge is 0.243 e. The van der Waals surface area contributed by atoms with Crippen molar-refractivity contribution in [2.45, 2.75) is 43.9 Å². The maximum atomic E-state index is 12.9. The van der Waals surface area contributed by atoms with Crippen molar-refractivity contribution in [3.05, 3.63) is 23.8 Å². The van der Waals surface area contributed by atoms with Gasteiger partial charge in [-0.1, -0.05) is 12.5 Å². The molecule has 1 aliphatic heterocycles. The van der Waals surface area contributed by atoms with Crippen LogP contribution in [0.3, 0.4) is 0 Å². The summed E-state index contributed by atoms with van der Waals surface area (Å²) in [6.07, 6.45) is 4.03. The van der Waals surface area contributed by atoms with Crippen molar-refractivity contribution in [1.29, 1.82) is 0 Å². The van der Waals surface area contributed by atoms with E-state index in [9.17, 15) is 18.0 Å². The van der Waals surface area contributed by atoms with E-state index in [-0.39, 0.29) is 28.6 Å². The number of nitrogens with zero attached hydrogens (tertiary/aromatic N) is 1. The number of amides is 1. The molecule has 1 amide bonds. The van der Waals surface area contributed by atoms with Crippen LogP contribution in [0.2, 0.25) is 0 Å². The summed E-state index contributed by atoms with van der Waals surface area (Å²) in [5.41, 5.74) is 1.33. The van der Waals surface area contributed by atoms with E-state index in [2.05, 4.69) is 5.32 Å². The molecule has 8 heteroatoms. The van der Waals surface area contributed by atoms with E-state index in [0.29, 0.717) is 50.6 Å². The molecule has 2 saturated carbocycles. The Labute approximate surface area is 171 Å². The molecular weight excluding hydrogens is 392 g/mol. The van der Waals surface area contributed by atoms with Crippen molar-refractivity contribution in [1.82, 2.24) is 4.31 Å². The molecule has 2 bridgehead atoms. The van der Waals surface area contributed by atoms with Gasteiger partial charge in [0.15, 0.2) is 0 Å². The normalized spacial score (nSPS) is 28.2. The number of Topliss-reactive ketones (excluding diaryl/α,β-unsaturated/α-hetero) is 1. The Balaban J connectivity index is 1.51. The summed E-state index contributed by atoms with van der Waals surface area (Å²) in [5, 5.41) is 2.94. The standard InChI is InChI=1S/C21H28N2O5S/c1-14-5-6-18(29(26,27)23-7-9-28-10-8-23)13-19(14)22-21(25)17-11-15-3-2-4-16(12-17)20(15)24/h5-6,13,15-17H,2-4,7-12H2,1H3,(H,22,25). The van der Waals surface area contributed by atoms with Gasteiger partial charge in [-0.15, -0.1) is 0 Å². The van der Waals surface area contributed by atoms with Crippen molar-refractivity contribution in [2.24, 2.45) is 17.8 Å². The molecule has 1 heterocycles. The van der Waals surface area contributed by atoms with Crippen molar-refractivity contribution in [2.75, 3.05) is 31.6 Å². The first kappa shape index (κ1) is 20.5. The topological polar surface area (TPSA) is 92.8 Å². The fraction of sp³-hybridized carbons (Fsp3) is 0.619. The van der Waals surface area contributed by atoms with E-state index < -0.39 is 10.0 Å². The van der Waals surface area contributed by atoms with Gasteiger partial charge < -0.3 is 10.1 Å². The molecule has 0 aromatic heterocycles. The predicted octanol–water partition coefficient (Wildman–Crippen LogP) is 2.35. The van der Waals surface area contributed by atoms with Crippen LogP contribution in [0.25, 0.3) is 0 Å². The van der Waals surface area contributed by atoms with Gasteiger partial charge in [0.2, 0.25) is 15.9 Å². The molecule has 3 aliphatic rings. The summed E-state index contributed by atoms with van der Waals surface area (Å²) in [7, 11) is -3.62. The average Bonchev–Trinajstić information content (AvgIpc) is 2.70. The van der Waals surface area contributed by atoms with Crippen molar-refractivity contribution >= 4 is 27.4 Å². The fourth-order valence-corrected chi connectivity index (χ4v) is 6.20. The molecule has 7 nitrogen and oxygen atoms in total. The monoisotopic (exact) mass is 420 g/mol. The van der Waals surface area contributed by atoms with Gasteiger partial charge in [-0.2, -0.15) is 4.31 Å². The van der Waals surface area contributed by atoms with Gasteiger partial charge in [0.05, 0.1) is 18.1 Å². The van der Waals surface area contributed by atoms with Crippen molar-refractivity contribution < 1.29 is 22.7 Å². The summed E-state index contributed by atoms with van der Waals surface area (Å²) in [6, 6.07) is 4.86. The Morgan fingerprint density at radius 1 is 1.14 bits per heavy atom. The highest BCUT2D eigenvalue weighted by molar-refractivity contribution is 7.89. The molecule has 1 saturated heterocycles. The van der Waals surface area contributed by atoms with E-state index in [1.165, 1.54) is 4.31 Å².